The highest BCUT2D eigenvalue weighted by atomic mass is 32.2. The second-order valence-corrected chi connectivity index (χ2v) is 11.6. The van der Waals surface area contributed by atoms with Crippen LogP contribution in [-0.2, 0) is 27.7 Å². The smallest absolute Gasteiger partial charge is 0.227 e. The largest absolute Gasteiger partial charge is 0.381 e. The molecule has 0 N–H and O–H groups in total. The van der Waals surface area contributed by atoms with Crippen molar-refractivity contribution in [2.75, 3.05) is 32.6 Å². The normalized spacial score (nSPS) is 22.4. The van der Waals surface area contributed by atoms with E-state index in [-0.39, 0.29) is 5.75 Å². The number of imidazole rings is 1. The maximum absolute atomic E-state index is 13.1. The summed E-state index contributed by atoms with van der Waals surface area (Å²) in [6.45, 7) is 4.32. The molecule has 1 aromatic rings. The Morgan fingerprint density at radius 1 is 1.03 bits per heavy atom. The molecular formula is C22H37N3O3S. The van der Waals surface area contributed by atoms with E-state index < -0.39 is 9.84 Å². The predicted octanol–water partition coefficient (Wildman–Crippen LogP) is 3.51. The molecule has 2 heterocycles. The predicted molar refractivity (Wildman–Crippen MR) is 113 cm³/mol. The lowest BCUT2D eigenvalue weighted by molar-refractivity contribution is 0.0546. The lowest BCUT2D eigenvalue weighted by Crippen LogP contribution is -2.30. The van der Waals surface area contributed by atoms with Gasteiger partial charge in [0.25, 0.3) is 0 Å². The molecule has 1 saturated heterocycles. The van der Waals surface area contributed by atoms with Gasteiger partial charge in [0.2, 0.25) is 15.0 Å². The second kappa shape index (κ2) is 9.48. The minimum Gasteiger partial charge on any atom is -0.381 e. The summed E-state index contributed by atoms with van der Waals surface area (Å²) < 4.78 is 33.6. The Hall–Kier alpha value is -0.920. The molecular weight excluding hydrogens is 386 g/mol. The molecule has 0 aromatic carbocycles. The Labute approximate surface area is 175 Å². The molecule has 7 heteroatoms. The first-order valence-corrected chi connectivity index (χ1v) is 13.2. The molecule has 2 saturated carbocycles. The van der Waals surface area contributed by atoms with Gasteiger partial charge in [0.1, 0.15) is 0 Å². The number of rotatable bonds is 9. The molecule has 29 heavy (non-hydrogen) atoms. The summed E-state index contributed by atoms with van der Waals surface area (Å²) in [4.78, 5) is 6.80. The maximum Gasteiger partial charge on any atom is 0.227 e. The van der Waals surface area contributed by atoms with Crippen LogP contribution in [0.2, 0.25) is 0 Å². The van der Waals surface area contributed by atoms with Crippen LogP contribution < -0.4 is 0 Å². The average molecular weight is 424 g/mol. The lowest BCUT2D eigenvalue weighted by atomic mass is 9.89. The molecule has 6 nitrogen and oxygen atoms in total. The number of sulfone groups is 1. The van der Waals surface area contributed by atoms with Gasteiger partial charge in [-0.15, -0.1) is 0 Å². The van der Waals surface area contributed by atoms with Crippen molar-refractivity contribution in [3.8, 4) is 0 Å². The number of hydrogen-bond donors (Lipinski definition) is 0. The van der Waals surface area contributed by atoms with E-state index >= 15 is 0 Å². The van der Waals surface area contributed by atoms with Crippen LogP contribution in [0.5, 0.6) is 0 Å². The van der Waals surface area contributed by atoms with Gasteiger partial charge in [-0.2, -0.15) is 0 Å². The summed E-state index contributed by atoms with van der Waals surface area (Å²) in [7, 11) is -1.16. The Balaban J connectivity index is 1.50. The van der Waals surface area contributed by atoms with Crippen LogP contribution in [-0.4, -0.2) is 55.4 Å². The van der Waals surface area contributed by atoms with Crippen molar-refractivity contribution < 1.29 is 13.2 Å². The fourth-order valence-electron chi connectivity index (χ4n) is 4.97. The van der Waals surface area contributed by atoms with Gasteiger partial charge in [-0.1, -0.05) is 19.3 Å². The zero-order chi connectivity index (χ0) is 20.3. The standard InChI is InChI=1S/C22H37N3O3S/c1-24(14-19-9-11-28-12-10-19)16-21-13-23-22(29(26,27)17-20-7-8-20)25(21)15-18-5-3-2-4-6-18/h13,18-20H,2-12,14-17H2,1H3. The van der Waals surface area contributed by atoms with Crippen molar-refractivity contribution in [1.29, 1.82) is 0 Å². The number of aromatic nitrogens is 2. The molecule has 164 valence electrons. The van der Waals surface area contributed by atoms with Crippen LogP contribution in [0.25, 0.3) is 0 Å². The summed E-state index contributed by atoms with van der Waals surface area (Å²) in [6.07, 6.45) is 12.4. The fraction of sp³-hybridized carbons (Fsp3) is 0.864. The lowest BCUT2D eigenvalue weighted by Gasteiger charge is -2.28. The summed E-state index contributed by atoms with van der Waals surface area (Å²) in [5.41, 5.74) is 1.06. The van der Waals surface area contributed by atoms with Gasteiger partial charge in [-0.05, 0) is 63.3 Å². The van der Waals surface area contributed by atoms with Crippen molar-refractivity contribution >= 4 is 9.84 Å². The van der Waals surface area contributed by atoms with Gasteiger partial charge in [0.15, 0.2) is 0 Å². The number of ether oxygens (including phenoxy) is 1. The van der Waals surface area contributed by atoms with Crippen LogP contribution >= 0.6 is 0 Å². The van der Waals surface area contributed by atoms with Gasteiger partial charge >= 0.3 is 0 Å². The molecule has 3 aliphatic rings. The van der Waals surface area contributed by atoms with E-state index in [1.165, 1.54) is 32.1 Å². The van der Waals surface area contributed by atoms with E-state index in [0.29, 0.717) is 22.9 Å². The van der Waals surface area contributed by atoms with Crippen LogP contribution in [0.15, 0.2) is 11.4 Å². The Morgan fingerprint density at radius 2 is 1.76 bits per heavy atom. The van der Waals surface area contributed by atoms with Gasteiger partial charge in [0, 0.05) is 32.8 Å². The SMILES string of the molecule is CN(Cc1cnc(S(=O)(=O)CC2CC2)n1CC1CCCCC1)CC1CCOCC1. The van der Waals surface area contributed by atoms with E-state index in [1.807, 2.05) is 6.20 Å². The van der Waals surface area contributed by atoms with Crippen LogP contribution in [0, 0.1) is 17.8 Å². The van der Waals surface area contributed by atoms with Crippen molar-refractivity contribution in [1.82, 2.24) is 14.5 Å². The summed E-state index contributed by atoms with van der Waals surface area (Å²) in [6, 6.07) is 0. The molecule has 1 aliphatic heterocycles. The van der Waals surface area contributed by atoms with Crippen LogP contribution in [0.1, 0.15) is 63.5 Å². The average Bonchev–Trinajstić information content (AvgIpc) is 3.42. The van der Waals surface area contributed by atoms with Gasteiger partial charge < -0.3 is 14.2 Å². The van der Waals surface area contributed by atoms with Gasteiger partial charge in [-0.3, -0.25) is 0 Å². The fourth-order valence-corrected chi connectivity index (χ4v) is 6.81. The highest BCUT2D eigenvalue weighted by Crippen LogP contribution is 2.33. The first-order valence-electron chi connectivity index (χ1n) is 11.5. The first kappa shape index (κ1) is 21.3. The molecule has 0 bridgehead atoms. The molecule has 2 aliphatic carbocycles. The van der Waals surface area contributed by atoms with E-state index in [0.717, 1.165) is 64.2 Å². The minimum atomic E-state index is -3.30. The van der Waals surface area contributed by atoms with Crippen LogP contribution in [0.3, 0.4) is 0 Å². The molecule has 0 atom stereocenters. The molecule has 0 amide bonds. The quantitative estimate of drug-likeness (QED) is 0.608. The summed E-state index contributed by atoms with van der Waals surface area (Å²) in [5.74, 6) is 1.86. The third-order valence-corrected chi connectivity index (χ3v) is 8.63. The molecule has 0 spiro atoms. The van der Waals surface area contributed by atoms with E-state index in [4.69, 9.17) is 4.74 Å². The molecule has 3 fully saturated rings. The van der Waals surface area contributed by atoms with Crippen molar-refractivity contribution in [2.24, 2.45) is 17.8 Å². The Bertz CT molecular complexity index is 760. The molecule has 0 radical (unpaired) electrons. The van der Waals surface area contributed by atoms with Crippen molar-refractivity contribution in [3.63, 3.8) is 0 Å². The van der Waals surface area contributed by atoms with E-state index in [1.54, 1.807) is 0 Å². The van der Waals surface area contributed by atoms with Gasteiger partial charge in [0.05, 0.1) is 17.6 Å². The van der Waals surface area contributed by atoms with Crippen molar-refractivity contribution in [3.05, 3.63) is 11.9 Å². The highest BCUT2D eigenvalue weighted by Gasteiger charge is 2.33. The van der Waals surface area contributed by atoms with E-state index in [2.05, 4.69) is 21.5 Å². The van der Waals surface area contributed by atoms with Crippen molar-refractivity contribution in [2.45, 2.75) is 76.0 Å². The Morgan fingerprint density at radius 3 is 2.45 bits per heavy atom. The minimum absolute atomic E-state index is 0.270. The van der Waals surface area contributed by atoms with Gasteiger partial charge in [-0.25, -0.2) is 13.4 Å². The topological polar surface area (TPSA) is 64.4 Å². The third-order valence-electron chi connectivity index (χ3n) is 6.84. The monoisotopic (exact) mass is 423 g/mol. The zero-order valence-corrected chi connectivity index (χ0v) is 18.7. The first-order chi connectivity index (χ1) is 14.0. The second-order valence-electron chi connectivity index (χ2n) is 9.62. The maximum atomic E-state index is 13.1. The summed E-state index contributed by atoms with van der Waals surface area (Å²) in [5, 5.41) is 0.324. The number of hydrogen-bond acceptors (Lipinski definition) is 5. The highest BCUT2D eigenvalue weighted by molar-refractivity contribution is 7.91. The number of nitrogens with zero attached hydrogens (tertiary/aromatic N) is 3. The third kappa shape index (κ3) is 5.82. The van der Waals surface area contributed by atoms with Crippen LogP contribution in [0.4, 0.5) is 0 Å². The molecule has 1 aromatic heterocycles. The Kier molecular flexibility index (Phi) is 6.97. The zero-order valence-electron chi connectivity index (χ0n) is 17.9. The summed E-state index contributed by atoms with van der Waals surface area (Å²) >= 11 is 0. The van der Waals surface area contributed by atoms with E-state index in [9.17, 15) is 8.42 Å². The molecule has 0 unspecified atom stereocenters. The molecule has 4 rings (SSSR count).